The molecule has 18 heavy (non-hydrogen) atoms. The van der Waals surface area contributed by atoms with Gasteiger partial charge in [-0.25, -0.2) is 4.39 Å². The average molecular weight is 242 g/mol. The number of carbonyl (C=O) groups excluding carboxylic acids is 1. The highest BCUT2D eigenvalue weighted by Gasteiger charge is 2.10. The van der Waals surface area contributed by atoms with E-state index < -0.39 is 0 Å². The smallest absolute Gasteiger partial charge is 0.165 e. The average Bonchev–Trinajstić information content (AvgIpc) is 2.38. The Bertz CT molecular complexity index is 556. The minimum absolute atomic E-state index is 0.00924. The van der Waals surface area contributed by atoms with Crippen molar-refractivity contribution in [3.8, 4) is 11.1 Å². The summed E-state index contributed by atoms with van der Waals surface area (Å²) in [5, 5.41) is 0. The van der Waals surface area contributed by atoms with E-state index in [2.05, 4.69) is 0 Å². The van der Waals surface area contributed by atoms with Crippen LogP contribution in [0.2, 0.25) is 0 Å². The van der Waals surface area contributed by atoms with E-state index in [0.717, 1.165) is 11.1 Å². The minimum Gasteiger partial charge on any atom is -0.294 e. The molecule has 1 nitrogen and oxygen atoms in total. The zero-order valence-corrected chi connectivity index (χ0v) is 10.5. The zero-order chi connectivity index (χ0) is 13.1. The lowest BCUT2D eigenvalue weighted by Crippen LogP contribution is -2.06. The van der Waals surface area contributed by atoms with Crippen molar-refractivity contribution < 1.29 is 9.18 Å². The Hall–Kier alpha value is -1.96. The molecular formula is C16H15FO. The van der Waals surface area contributed by atoms with Crippen molar-refractivity contribution in [3.05, 3.63) is 59.9 Å². The van der Waals surface area contributed by atoms with Crippen molar-refractivity contribution in [2.45, 2.75) is 13.8 Å². The summed E-state index contributed by atoms with van der Waals surface area (Å²) in [5.74, 6) is -0.138. The number of benzene rings is 2. The predicted octanol–water partition coefficient (Wildman–Crippen LogP) is 4.33. The normalized spacial score (nSPS) is 10.7. The molecular weight excluding hydrogens is 227 g/mol. The Balaban J connectivity index is 2.30. The van der Waals surface area contributed by atoms with Crippen LogP contribution >= 0.6 is 0 Å². The zero-order valence-electron chi connectivity index (χ0n) is 10.5. The number of carbonyl (C=O) groups is 1. The van der Waals surface area contributed by atoms with Crippen molar-refractivity contribution in [3.63, 3.8) is 0 Å². The molecule has 0 atom stereocenters. The first-order chi connectivity index (χ1) is 8.58. The summed E-state index contributed by atoms with van der Waals surface area (Å²) in [4.78, 5) is 11.8. The summed E-state index contributed by atoms with van der Waals surface area (Å²) in [7, 11) is 0. The van der Waals surface area contributed by atoms with E-state index in [1.807, 2.05) is 32.0 Å². The minimum atomic E-state index is -0.255. The third-order valence-electron chi connectivity index (χ3n) is 2.85. The number of rotatable bonds is 3. The second-order valence-corrected chi connectivity index (χ2v) is 4.61. The molecule has 0 amide bonds. The first kappa shape index (κ1) is 12.5. The maximum atomic E-state index is 13.1. The molecule has 0 aliphatic rings. The molecule has 0 saturated heterocycles. The van der Waals surface area contributed by atoms with Crippen molar-refractivity contribution in [2.24, 2.45) is 5.92 Å². The molecule has 0 fully saturated rings. The first-order valence-corrected chi connectivity index (χ1v) is 5.98. The molecule has 2 rings (SSSR count). The summed E-state index contributed by atoms with van der Waals surface area (Å²) in [6, 6.07) is 13.7. The molecule has 0 saturated carbocycles. The Morgan fingerprint density at radius 2 is 1.67 bits per heavy atom. The Kier molecular flexibility index (Phi) is 3.56. The molecule has 0 aliphatic heterocycles. The van der Waals surface area contributed by atoms with Gasteiger partial charge in [-0.15, -0.1) is 0 Å². The molecule has 0 unspecified atom stereocenters. The summed E-state index contributed by atoms with van der Waals surface area (Å²) >= 11 is 0. The van der Waals surface area contributed by atoms with Crippen molar-refractivity contribution in [2.75, 3.05) is 0 Å². The molecule has 0 aromatic heterocycles. The Morgan fingerprint density at radius 3 is 2.22 bits per heavy atom. The molecule has 0 aliphatic carbocycles. The fourth-order valence-corrected chi connectivity index (χ4v) is 1.83. The summed E-state index contributed by atoms with van der Waals surface area (Å²) in [6.07, 6.45) is 0. The third kappa shape index (κ3) is 2.65. The number of ketones is 1. The summed E-state index contributed by atoms with van der Waals surface area (Å²) in [6.45, 7) is 3.76. The van der Waals surface area contributed by atoms with E-state index in [0.29, 0.717) is 5.56 Å². The van der Waals surface area contributed by atoms with Gasteiger partial charge < -0.3 is 0 Å². The van der Waals surface area contributed by atoms with E-state index >= 15 is 0 Å². The van der Waals surface area contributed by atoms with Crippen LogP contribution in [0.3, 0.4) is 0 Å². The highest BCUT2D eigenvalue weighted by molar-refractivity contribution is 5.97. The first-order valence-electron chi connectivity index (χ1n) is 5.98. The lowest BCUT2D eigenvalue weighted by Gasteiger charge is -2.06. The number of hydrogen-bond donors (Lipinski definition) is 0. The van der Waals surface area contributed by atoms with Crippen molar-refractivity contribution in [1.29, 1.82) is 0 Å². The van der Waals surface area contributed by atoms with Gasteiger partial charge in [0.1, 0.15) is 5.82 Å². The topological polar surface area (TPSA) is 17.1 Å². The largest absolute Gasteiger partial charge is 0.294 e. The third-order valence-corrected chi connectivity index (χ3v) is 2.85. The maximum absolute atomic E-state index is 13.1. The summed E-state index contributed by atoms with van der Waals surface area (Å²) in [5.41, 5.74) is 2.43. The van der Waals surface area contributed by atoms with Crippen LogP contribution in [0.4, 0.5) is 4.39 Å². The lowest BCUT2D eigenvalue weighted by atomic mass is 9.98. The van der Waals surface area contributed by atoms with Gasteiger partial charge in [0.25, 0.3) is 0 Å². The SMILES string of the molecule is CC(C)C(=O)c1ccc(-c2cccc(F)c2)cc1. The predicted molar refractivity (Wildman–Crippen MR) is 71.0 cm³/mol. The van der Waals surface area contributed by atoms with Gasteiger partial charge in [0, 0.05) is 11.5 Å². The van der Waals surface area contributed by atoms with Crippen LogP contribution in [0.1, 0.15) is 24.2 Å². The van der Waals surface area contributed by atoms with Gasteiger partial charge in [0.15, 0.2) is 5.78 Å². The van der Waals surface area contributed by atoms with E-state index in [1.165, 1.54) is 12.1 Å². The highest BCUT2D eigenvalue weighted by Crippen LogP contribution is 2.21. The quantitative estimate of drug-likeness (QED) is 0.732. The molecule has 0 radical (unpaired) electrons. The Morgan fingerprint density at radius 1 is 1.00 bits per heavy atom. The molecule has 92 valence electrons. The van der Waals surface area contributed by atoms with Crippen molar-refractivity contribution >= 4 is 5.78 Å². The monoisotopic (exact) mass is 242 g/mol. The van der Waals surface area contributed by atoms with Gasteiger partial charge in [-0.3, -0.25) is 4.79 Å². The van der Waals surface area contributed by atoms with Crippen LogP contribution in [0.5, 0.6) is 0 Å². The van der Waals surface area contributed by atoms with E-state index in [1.54, 1.807) is 18.2 Å². The van der Waals surface area contributed by atoms with Crippen LogP contribution in [0.15, 0.2) is 48.5 Å². The van der Waals surface area contributed by atoms with Gasteiger partial charge in [0.2, 0.25) is 0 Å². The molecule has 2 heteroatoms. The summed E-state index contributed by atoms with van der Waals surface area (Å²) < 4.78 is 13.1. The van der Waals surface area contributed by atoms with Crippen LogP contribution in [-0.2, 0) is 0 Å². The molecule has 0 bridgehead atoms. The molecule has 2 aromatic rings. The standard InChI is InChI=1S/C16H15FO/c1-11(2)16(18)13-8-6-12(7-9-13)14-4-3-5-15(17)10-14/h3-11H,1-2H3. The second-order valence-electron chi connectivity index (χ2n) is 4.61. The van der Waals surface area contributed by atoms with Crippen LogP contribution in [0, 0.1) is 11.7 Å². The van der Waals surface area contributed by atoms with Gasteiger partial charge in [-0.2, -0.15) is 0 Å². The van der Waals surface area contributed by atoms with Gasteiger partial charge in [0.05, 0.1) is 0 Å². The Labute approximate surface area is 106 Å². The van der Waals surface area contributed by atoms with Crippen LogP contribution in [0.25, 0.3) is 11.1 Å². The molecule has 0 spiro atoms. The lowest BCUT2D eigenvalue weighted by molar-refractivity contribution is 0.0939. The molecule has 2 aromatic carbocycles. The fourth-order valence-electron chi connectivity index (χ4n) is 1.83. The molecule has 0 N–H and O–H groups in total. The number of halogens is 1. The van der Waals surface area contributed by atoms with E-state index in [9.17, 15) is 9.18 Å². The van der Waals surface area contributed by atoms with Gasteiger partial charge in [-0.05, 0) is 23.3 Å². The second kappa shape index (κ2) is 5.13. The number of hydrogen-bond acceptors (Lipinski definition) is 1. The van der Waals surface area contributed by atoms with Crippen molar-refractivity contribution in [1.82, 2.24) is 0 Å². The molecule has 0 heterocycles. The van der Waals surface area contributed by atoms with Gasteiger partial charge in [-0.1, -0.05) is 50.2 Å². The number of Topliss-reactive ketones (excluding diaryl/α,β-unsaturated/α-hetero) is 1. The van der Waals surface area contributed by atoms with Gasteiger partial charge >= 0.3 is 0 Å². The maximum Gasteiger partial charge on any atom is 0.165 e. The highest BCUT2D eigenvalue weighted by atomic mass is 19.1. The van der Waals surface area contributed by atoms with E-state index in [4.69, 9.17) is 0 Å². The fraction of sp³-hybridized carbons (Fsp3) is 0.188. The van der Waals surface area contributed by atoms with Crippen LogP contribution in [-0.4, -0.2) is 5.78 Å². The van der Waals surface area contributed by atoms with Crippen LogP contribution < -0.4 is 0 Å². The van der Waals surface area contributed by atoms with E-state index in [-0.39, 0.29) is 17.5 Å².